The molecule has 0 bridgehead atoms. The summed E-state index contributed by atoms with van der Waals surface area (Å²) in [5.41, 5.74) is 3.44. The van der Waals surface area contributed by atoms with Crippen LogP contribution in [0.4, 0.5) is 0 Å². The molecule has 19 heavy (non-hydrogen) atoms. The van der Waals surface area contributed by atoms with E-state index in [1.165, 1.54) is 21.4 Å². The van der Waals surface area contributed by atoms with Gasteiger partial charge in [0.15, 0.2) is 0 Å². The smallest absolute Gasteiger partial charge is 0.245 e. The Morgan fingerprint density at radius 3 is 2.16 bits per heavy atom. The van der Waals surface area contributed by atoms with Crippen LogP contribution in [-0.2, 0) is 6.54 Å². The standard InChI is InChI=1S/C14H20N4O/c1-9(2)11-6-5-7-12(10(3)4)13(11)8-18-14(19)15-16-17-18/h5-7,9-10H,8H2,1-4H3,(H,15,17,19). The minimum Gasteiger partial charge on any atom is -0.245 e. The maximum atomic E-state index is 11.6. The molecule has 102 valence electrons. The van der Waals surface area contributed by atoms with Crippen molar-refractivity contribution in [3.8, 4) is 0 Å². The number of nitrogens with one attached hydrogen (secondary N) is 1. The second-order valence-corrected chi connectivity index (χ2v) is 5.39. The monoisotopic (exact) mass is 260 g/mol. The fourth-order valence-corrected chi connectivity index (χ4v) is 2.36. The van der Waals surface area contributed by atoms with Gasteiger partial charge in [0.2, 0.25) is 0 Å². The van der Waals surface area contributed by atoms with Crippen LogP contribution in [0.25, 0.3) is 0 Å². The number of nitrogens with zero attached hydrogens (tertiary/aromatic N) is 3. The van der Waals surface area contributed by atoms with E-state index < -0.39 is 0 Å². The SMILES string of the molecule is CC(C)c1cccc(C(C)C)c1Cn1nn[nH]c1=O. The molecule has 0 amide bonds. The van der Waals surface area contributed by atoms with Gasteiger partial charge >= 0.3 is 5.69 Å². The number of aromatic amines is 1. The Morgan fingerprint density at radius 1 is 1.16 bits per heavy atom. The number of aromatic nitrogens is 4. The lowest BCUT2D eigenvalue weighted by atomic mass is 9.89. The topological polar surface area (TPSA) is 63.6 Å². The Morgan fingerprint density at radius 2 is 1.74 bits per heavy atom. The molecule has 1 aromatic heterocycles. The molecule has 1 aromatic carbocycles. The zero-order chi connectivity index (χ0) is 14.0. The molecule has 0 aliphatic heterocycles. The first-order valence-corrected chi connectivity index (χ1v) is 6.60. The molecule has 0 radical (unpaired) electrons. The van der Waals surface area contributed by atoms with Gasteiger partial charge in [-0.05, 0) is 39.0 Å². The van der Waals surface area contributed by atoms with Crippen molar-refractivity contribution in [3.63, 3.8) is 0 Å². The third-order valence-electron chi connectivity index (χ3n) is 3.33. The Labute approximate surface area is 112 Å². The third kappa shape index (κ3) is 2.75. The van der Waals surface area contributed by atoms with Gasteiger partial charge in [-0.25, -0.2) is 9.89 Å². The summed E-state index contributed by atoms with van der Waals surface area (Å²) in [5, 5.41) is 9.69. The van der Waals surface area contributed by atoms with Crippen LogP contribution in [0.1, 0.15) is 56.2 Å². The molecule has 0 fully saturated rings. The van der Waals surface area contributed by atoms with Gasteiger partial charge in [-0.15, -0.1) is 0 Å². The van der Waals surface area contributed by atoms with E-state index in [2.05, 4.69) is 61.4 Å². The van der Waals surface area contributed by atoms with Crippen molar-refractivity contribution in [2.75, 3.05) is 0 Å². The zero-order valence-corrected chi connectivity index (χ0v) is 11.8. The molecule has 0 unspecified atom stereocenters. The summed E-state index contributed by atoms with van der Waals surface area (Å²) >= 11 is 0. The van der Waals surface area contributed by atoms with Crippen LogP contribution in [0.5, 0.6) is 0 Å². The maximum Gasteiger partial charge on any atom is 0.361 e. The fourth-order valence-electron chi connectivity index (χ4n) is 2.36. The van der Waals surface area contributed by atoms with Gasteiger partial charge in [0.1, 0.15) is 0 Å². The van der Waals surface area contributed by atoms with Gasteiger partial charge in [-0.3, -0.25) is 0 Å². The van der Waals surface area contributed by atoms with Gasteiger partial charge < -0.3 is 0 Å². The molecule has 2 aromatic rings. The van der Waals surface area contributed by atoms with Crippen molar-refractivity contribution >= 4 is 0 Å². The number of hydrogen-bond donors (Lipinski definition) is 1. The lowest BCUT2D eigenvalue weighted by molar-refractivity contribution is 0.616. The molecule has 5 nitrogen and oxygen atoms in total. The molecule has 5 heteroatoms. The highest BCUT2D eigenvalue weighted by Crippen LogP contribution is 2.27. The quantitative estimate of drug-likeness (QED) is 0.917. The molecule has 0 saturated heterocycles. The van der Waals surface area contributed by atoms with Gasteiger partial charge in [0.05, 0.1) is 6.54 Å². The van der Waals surface area contributed by atoms with Crippen LogP contribution in [0.2, 0.25) is 0 Å². The fraction of sp³-hybridized carbons (Fsp3) is 0.500. The molecular weight excluding hydrogens is 240 g/mol. The summed E-state index contributed by atoms with van der Waals surface area (Å²) in [6.07, 6.45) is 0. The lowest BCUT2D eigenvalue weighted by Crippen LogP contribution is -2.20. The highest BCUT2D eigenvalue weighted by molar-refractivity contribution is 5.39. The normalized spacial score (nSPS) is 11.5. The van der Waals surface area contributed by atoms with Gasteiger partial charge in [0, 0.05) is 0 Å². The van der Waals surface area contributed by atoms with Gasteiger partial charge in [0.25, 0.3) is 0 Å². The number of rotatable bonds is 4. The molecular formula is C14H20N4O. The van der Waals surface area contributed by atoms with Crippen molar-refractivity contribution in [3.05, 3.63) is 45.4 Å². The Hall–Kier alpha value is -1.91. The maximum absolute atomic E-state index is 11.6. The largest absolute Gasteiger partial charge is 0.361 e. The number of hydrogen-bond acceptors (Lipinski definition) is 3. The van der Waals surface area contributed by atoms with Crippen LogP contribution >= 0.6 is 0 Å². The van der Waals surface area contributed by atoms with E-state index in [4.69, 9.17) is 0 Å². The molecule has 0 saturated carbocycles. The van der Waals surface area contributed by atoms with E-state index in [0.717, 1.165) is 0 Å². The van der Waals surface area contributed by atoms with Crippen molar-refractivity contribution in [1.29, 1.82) is 0 Å². The van der Waals surface area contributed by atoms with E-state index in [0.29, 0.717) is 18.4 Å². The van der Waals surface area contributed by atoms with E-state index in [1.807, 2.05) is 0 Å². The molecule has 0 spiro atoms. The Balaban J connectivity index is 2.52. The van der Waals surface area contributed by atoms with E-state index in [-0.39, 0.29) is 5.69 Å². The summed E-state index contributed by atoms with van der Waals surface area (Å²) in [5.74, 6) is 0.826. The van der Waals surface area contributed by atoms with Crippen LogP contribution in [-0.4, -0.2) is 20.2 Å². The van der Waals surface area contributed by atoms with Gasteiger partial charge in [-0.2, -0.15) is 4.68 Å². The zero-order valence-electron chi connectivity index (χ0n) is 11.8. The van der Waals surface area contributed by atoms with E-state index >= 15 is 0 Å². The molecule has 1 N–H and O–H groups in total. The lowest BCUT2D eigenvalue weighted by Gasteiger charge is -2.19. The molecule has 0 atom stereocenters. The van der Waals surface area contributed by atoms with Crippen LogP contribution in [0.3, 0.4) is 0 Å². The highest BCUT2D eigenvalue weighted by Gasteiger charge is 2.15. The number of tetrazole rings is 1. The van der Waals surface area contributed by atoms with E-state index in [9.17, 15) is 4.79 Å². The molecule has 0 aliphatic carbocycles. The second-order valence-electron chi connectivity index (χ2n) is 5.39. The summed E-state index contributed by atoms with van der Waals surface area (Å²) in [7, 11) is 0. The Bertz CT molecular complexity index is 584. The first-order valence-electron chi connectivity index (χ1n) is 6.60. The number of benzene rings is 1. The van der Waals surface area contributed by atoms with Crippen LogP contribution in [0.15, 0.2) is 23.0 Å². The predicted molar refractivity (Wildman–Crippen MR) is 74.4 cm³/mol. The summed E-state index contributed by atoms with van der Waals surface area (Å²) < 4.78 is 1.37. The molecule has 2 rings (SSSR count). The predicted octanol–water partition coefficient (Wildman–Crippen LogP) is 2.26. The van der Waals surface area contributed by atoms with Crippen LogP contribution < -0.4 is 5.69 Å². The minimum atomic E-state index is -0.270. The Kier molecular flexibility index (Phi) is 3.83. The summed E-state index contributed by atoms with van der Waals surface area (Å²) in [6.45, 7) is 9.11. The van der Waals surface area contributed by atoms with Crippen molar-refractivity contribution in [2.24, 2.45) is 0 Å². The first-order chi connectivity index (χ1) is 9.00. The van der Waals surface area contributed by atoms with Gasteiger partial charge in [-0.1, -0.05) is 45.9 Å². The third-order valence-corrected chi connectivity index (χ3v) is 3.33. The summed E-state index contributed by atoms with van der Waals surface area (Å²) in [4.78, 5) is 11.6. The van der Waals surface area contributed by atoms with Crippen LogP contribution in [0, 0.1) is 0 Å². The minimum absolute atomic E-state index is 0.270. The number of H-pyrrole nitrogens is 1. The average Bonchev–Trinajstić information content (AvgIpc) is 2.74. The van der Waals surface area contributed by atoms with Crippen molar-refractivity contribution in [2.45, 2.75) is 46.1 Å². The second kappa shape index (κ2) is 5.38. The average molecular weight is 260 g/mol. The summed E-state index contributed by atoms with van der Waals surface area (Å²) in [6, 6.07) is 6.33. The van der Waals surface area contributed by atoms with Crippen molar-refractivity contribution in [1.82, 2.24) is 20.2 Å². The first kappa shape index (κ1) is 13.5. The molecule has 0 aliphatic rings. The highest BCUT2D eigenvalue weighted by atomic mass is 16.2. The van der Waals surface area contributed by atoms with Crippen molar-refractivity contribution < 1.29 is 0 Å². The molecule has 1 heterocycles. The van der Waals surface area contributed by atoms with E-state index in [1.54, 1.807) is 0 Å².